The number of benzene rings is 1. The zero-order valence-electron chi connectivity index (χ0n) is 13.7. The number of morpholine rings is 1. The number of para-hydroxylation sites is 1. The Balaban J connectivity index is 1.41. The summed E-state index contributed by atoms with van der Waals surface area (Å²) in [6.45, 7) is 3.50. The number of rotatable bonds is 2. The molecular weight excluding hydrogens is 306 g/mol. The van der Waals surface area contributed by atoms with Gasteiger partial charge < -0.3 is 20.3 Å². The predicted octanol–water partition coefficient (Wildman–Crippen LogP) is 0.877. The van der Waals surface area contributed by atoms with Crippen LogP contribution < -0.4 is 10.6 Å². The number of ether oxygens (including phenoxy) is 1. The van der Waals surface area contributed by atoms with Crippen molar-refractivity contribution >= 4 is 17.5 Å². The fourth-order valence-electron chi connectivity index (χ4n) is 4.08. The number of hydrogen-bond acceptors (Lipinski definition) is 4. The average Bonchev–Trinajstić information content (AvgIpc) is 2.88. The summed E-state index contributed by atoms with van der Waals surface area (Å²) in [6.07, 6.45) is 1.76. The van der Waals surface area contributed by atoms with Crippen LogP contribution >= 0.6 is 0 Å². The van der Waals surface area contributed by atoms with Crippen LogP contribution in [-0.4, -0.2) is 55.6 Å². The van der Waals surface area contributed by atoms with Gasteiger partial charge in [-0.05, 0) is 24.5 Å². The van der Waals surface area contributed by atoms with Gasteiger partial charge in [0, 0.05) is 31.9 Å². The van der Waals surface area contributed by atoms with Crippen LogP contribution in [0.2, 0.25) is 0 Å². The van der Waals surface area contributed by atoms with Crippen LogP contribution in [0.5, 0.6) is 0 Å². The van der Waals surface area contributed by atoms with Gasteiger partial charge in [-0.2, -0.15) is 0 Å². The minimum absolute atomic E-state index is 0.0300. The third kappa shape index (κ3) is 2.59. The van der Waals surface area contributed by atoms with Crippen molar-refractivity contribution in [3.05, 3.63) is 29.8 Å². The van der Waals surface area contributed by atoms with Crippen molar-refractivity contribution in [2.24, 2.45) is 0 Å². The smallest absolute Gasteiger partial charge is 0.235 e. The van der Waals surface area contributed by atoms with E-state index in [9.17, 15) is 9.59 Å². The highest BCUT2D eigenvalue weighted by molar-refractivity contribution is 6.06. The van der Waals surface area contributed by atoms with Crippen molar-refractivity contribution < 1.29 is 14.3 Å². The Labute approximate surface area is 141 Å². The van der Waals surface area contributed by atoms with Crippen molar-refractivity contribution in [2.75, 3.05) is 38.1 Å². The van der Waals surface area contributed by atoms with Crippen molar-refractivity contribution in [1.29, 1.82) is 0 Å². The molecule has 1 aromatic rings. The third-order valence-electron chi connectivity index (χ3n) is 5.50. The molecule has 128 valence electrons. The standard InChI is InChI=1S/C18H23N3O3/c22-16(11-13-12-19-7-10-24-13)21-8-5-18(6-9-21)14-3-1-2-4-15(14)20-17(18)23/h1-4,13,19H,5-12H2,(H,20,23). The number of nitrogens with one attached hydrogen (secondary N) is 2. The van der Waals surface area contributed by atoms with Crippen molar-refractivity contribution in [1.82, 2.24) is 10.2 Å². The van der Waals surface area contributed by atoms with Gasteiger partial charge in [-0.15, -0.1) is 0 Å². The monoisotopic (exact) mass is 329 g/mol. The van der Waals surface area contributed by atoms with E-state index in [2.05, 4.69) is 10.6 Å². The van der Waals surface area contributed by atoms with Crippen LogP contribution in [0.3, 0.4) is 0 Å². The molecule has 2 fully saturated rings. The third-order valence-corrected chi connectivity index (χ3v) is 5.50. The highest BCUT2D eigenvalue weighted by Crippen LogP contribution is 2.44. The van der Waals surface area contributed by atoms with Crippen LogP contribution in [0.25, 0.3) is 0 Å². The van der Waals surface area contributed by atoms with E-state index in [-0.39, 0.29) is 17.9 Å². The summed E-state index contributed by atoms with van der Waals surface area (Å²) < 4.78 is 5.62. The number of fused-ring (bicyclic) bond motifs is 2. The molecule has 6 heteroatoms. The van der Waals surface area contributed by atoms with E-state index >= 15 is 0 Å². The molecule has 3 aliphatic rings. The molecule has 2 saturated heterocycles. The molecule has 1 unspecified atom stereocenters. The predicted molar refractivity (Wildman–Crippen MR) is 89.8 cm³/mol. The number of carbonyl (C=O) groups excluding carboxylic acids is 2. The first-order valence-corrected chi connectivity index (χ1v) is 8.70. The van der Waals surface area contributed by atoms with E-state index in [0.29, 0.717) is 39.0 Å². The molecule has 0 radical (unpaired) electrons. The van der Waals surface area contributed by atoms with Crippen molar-refractivity contribution in [3.8, 4) is 0 Å². The van der Waals surface area contributed by atoms with E-state index in [1.807, 2.05) is 29.2 Å². The maximum Gasteiger partial charge on any atom is 0.235 e. The van der Waals surface area contributed by atoms with Crippen LogP contribution in [0, 0.1) is 0 Å². The molecule has 0 aromatic heterocycles. The lowest BCUT2D eigenvalue weighted by Crippen LogP contribution is -2.49. The quantitative estimate of drug-likeness (QED) is 0.845. The first-order valence-electron chi connectivity index (χ1n) is 8.70. The first kappa shape index (κ1) is 15.6. The average molecular weight is 329 g/mol. The van der Waals surface area contributed by atoms with Crippen LogP contribution in [0.4, 0.5) is 5.69 Å². The van der Waals surface area contributed by atoms with E-state index in [0.717, 1.165) is 24.3 Å². The molecule has 0 aliphatic carbocycles. The molecule has 1 aromatic carbocycles. The lowest BCUT2D eigenvalue weighted by Gasteiger charge is -2.38. The second-order valence-electron chi connectivity index (χ2n) is 6.86. The molecule has 4 rings (SSSR count). The Kier molecular flexibility index (Phi) is 4.02. The maximum absolute atomic E-state index is 12.6. The first-order chi connectivity index (χ1) is 11.7. The van der Waals surface area contributed by atoms with Gasteiger partial charge in [0.1, 0.15) is 0 Å². The van der Waals surface area contributed by atoms with E-state index in [1.165, 1.54) is 0 Å². The highest BCUT2D eigenvalue weighted by atomic mass is 16.5. The van der Waals surface area contributed by atoms with Gasteiger partial charge in [-0.3, -0.25) is 9.59 Å². The number of likely N-dealkylation sites (tertiary alicyclic amines) is 1. The Morgan fingerprint density at radius 1 is 1.29 bits per heavy atom. The van der Waals surface area contributed by atoms with E-state index in [1.54, 1.807) is 0 Å². The maximum atomic E-state index is 12.6. The topological polar surface area (TPSA) is 70.7 Å². The summed E-state index contributed by atoms with van der Waals surface area (Å²) in [7, 11) is 0. The van der Waals surface area contributed by atoms with Gasteiger partial charge in [0.15, 0.2) is 0 Å². The number of piperidine rings is 1. The molecule has 3 aliphatic heterocycles. The zero-order chi connectivity index (χ0) is 16.6. The fraction of sp³-hybridized carbons (Fsp3) is 0.556. The molecule has 2 amide bonds. The molecule has 0 bridgehead atoms. The SMILES string of the molecule is O=C(CC1CNCCO1)N1CCC2(CC1)C(=O)Nc1ccccc12. The minimum Gasteiger partial charge on any atom is -0.375 e. The largest absolute Gasteiger partial charge is 0.375 e. The molecule has 0 saturated carbocycles. The summed E-state index contributed by atoms with van der Waals surface area (Å²) in [5.41, 5.74) is 1.54. The lowest BCUT2D eigenvalue weighted by molar-refractivity contribution is -0.138. The molecule has 1 spiro atoms. The number of nitrogens with zero attached hydrogens (tertiary/aromatic N) is 1. The van der Waals surface area contributed by atoms with E-state index < -0.39 is 5.41 Å². The van der Waals surface area contributed by atoms with Crippen molar-refractivity contribution in [3.63, 3.8) is 0 Å². The van der Waals surface area contributed by atoms with Crippen molar-refractivity contribution in [2.45, 2.75) is 30.8 Å². The van der Waals surface area contributed by atoms with Gasteiger partial charge in [-0.1, -0.05) is 18.2 Å². The summed E-state index contributed by atoms with van der Waals surface area (Å²) in [5, 5.41) is 6.25. The summed E-state index contributed by atoms with van der Waals surface area (Å²) in [6, 6.07) is 7.90. The molecule has 1 atom stereocenters. The van der Waals surface area contributed by atoms with Gasteiger partial charge >= 0.3 is 0 Å². The number of amides is 2. The normalized spacial score (nSPS) is 25.4. The fourth-order valence-corrected chi connectivity index (χ4v) is 4.08. The van der Waals surface area contributed by atoms with Gasteiger partial charge in [0.25, 0.3) is 0 Å². The Morgan fingerprint density at radius 3 is 2.83 bits per heavy atom. The molecule has 6 nitrogen and oxygen atoms in total. The van der Waals surface area contributed by atoms with E-state index in [4.69, 9.17) is 4.74 Å². The molecular formula is C18H23N3O3. The summed E-state index contributed by atoms with van der Waals surface area (Å²) >= 11 is 0. The second-order valence-corrected chi connectivity index (χ2v) is 6.86. The van der Waals surface area contributed by atoms with Crippen LogP contribution in [0.15, 0.2) is 24.3 Å². The van der Waals surface area contributed by atoms with Crippen LogP contribution in [-0.2, 0) is 19.7 Å². The summed E-state index contributed by atoms with van der Waals surface area (Å²) in [5.74, 6) is 0.209. The second kappa shape index (κ2) is 6.18. The lowest BCUT2D eigenvalue weighted by atomic mass is 9.73. The molecule has 2 N–H and O–H groups in total. The number of hydrogen-bond donors (Lipinski definition) is 2. The number of carbonyl (C=O) groups is 2. The van der Waals surface area contributed by atoms with Gasteiger partial charge in [0.05, 0.1) is 24.5 Å². The Morgan fingerprint density at radius 2 is 2.08 bits per heavy atom. The number of anilines is 1. The Hall–Kier alpha value is -1.92. The zero-order valence-corrected chi connectivity index (χ0v) is 13.7. The Bertz CT molecular complexity index is 647. The van der Waals surface area contributed by atoms with Crippen LogP contribution in [0.1, 0.15) is 24.8 Å². The van der Waals surface area contributed by atoms with Gasteiger partial charge in [-0.25, -0.2) is 0 Å². The van der Waals surface area contributed by atoms with Gasteiger partial charge in [0.2, 0.25) is 11.8 Å². The molecule has 24 heavy (non-hydrogen) atoms. The molecule has 3 heterocycles. The summed E-state index contributed by atoms with van der Waals surface area (Å²) in [4.78, 5) is 27.0. The highest BCUT2D eigenvalue weighted by Gasteiger charge is 2.48. The minimum atomic E-state index is -0.462.